The molecule has 0 unspecified atom stereocenters. The van der Waals surface area contributed by atoms with Gasteiger partial charge < -0.3 is 4.90 Å². The first-order chi connectivity index (χ1) is 27.3. The Kier molecular flexibility index (Phi) is 8.69. The third-order valence-corrected chi connectivity index (χ3v) is 11.9. The minimum absolute atomic E-state index is 0.603. The lowest BCUT2D eigenvalue weighted by Crippen LogP contribution is -2.11. The Hall–Kier alpha value is -6.44. The molecule has 0 aliphatic heterocycles. The van der Waals surface area contributed by atoms with Gasteiger partial charge in [0.25, 0.3) is 0 Å². The minimum Gasteiger partial charge on any atom is -0.310 e. The molecule has 1 saturated carbocycles. The van der Waals surface area contributed by atoms with Gasteiger partial charge in [-0.05, 0) is 121 Å². The molecule has 0 bridgehead atoms. The molecule has 0 amide bonds. The van der Waals surface area contributed by atoms with Crippen molar-refractivity contribution in [2.75, 3.05) is 4.90 Å². The molecule has 9 aromatic carbocycles. The van der Waals surface area contributed by atoms with E-state index in [2.05, 4.69) is 199 Å². The fourth-order valence-corrected chi connectivity index (χ4v) is 9.11. The smallest absolute Gasteiger partial charge is 0.0540 e. The van der Waals surface area contributed by atoms with Gasteiger partial charge in [0.15, 0.2) is 0 Å². The summed E-state index contributed by atoms with van der Waals surface area (Å²) in [5.74, 6) is 0.603. The molecule has 1 aliphatic carbocycles. The van der Waals surface area contributed by atoms with Crippen LogP contribution in [0.2, 0.25) is 0 Å². The first-order valence-electron chi connectivity index (χ1n) is 19.9. The first kappa shape index (κ1) is 33.2. The molecule has 264 valence electrons. The number of hydrogen-bond acceptors (Lipinski definition) is 1. The summed E-state index contributed by atoms with van der Waals surface area (Å²) in [5, 5.41) is 7.78. The van der Waals surface area contributed by atoms with Crippen molar-refractivity contribution in [3.63, 3.8) is 0 Å². The average Bonchev–Trinajstić information content (AvgIpc) is 3.27. The second kappa shape index (κ2) is 14.4. The zero-order valence-electron chi connectivity index (χ0n) is 31.0. The molecule has 9 aromatic rings. The van der Waals surface area contributed by atoms with E-state index in [1.165, 1.54) is 109 Å². The Labute approximate surface area is 324 Å². The van der Waals surface area contributed by atoms with Crippen molar-refractivity contribution >= 4 is 49.4 Å². The maximum Gasteiger partial charge on any atom is 0.0540 e. The van der Waals surface area contributed by atoms with Crippen LogP contribution >= 0.6 is 0 Å². The molecule has 0 heterocycles. The number of nitrogens with zero attached hydrogens (tertiary/aromatic N) is 1. The van der Waals surface area contributed by atoms with Crippen LogP contribution < -0.4 is 4.90 Å². The molecular formula is C54H43N. The van der Waals surface area contributed by atoms with Gasteiger partial charge in [-0.1, -0.05) is 177 Å². The van der Waals surface area contributed by atoms with Gasteiger partial charge in [-0.15, -0.1) is 0 Å². The fraction of sp³-hybridized carbons (Fsp3) is 0.111. The van der Waals surface area contributed by atoms with E-state index in [0.717, 1.165) is 11.4 Å². The van der Waals surface area contributed by atoms with Crippen LogP contribution in [0.1, 0.15) is 43.6 Å². The van der Waals surface area contributed by atoms with Gasteiger partial charge in [-0.25, -0.2) is 0 Å². The molecule has 1 nitrogen and oxygen atoms in total. The molecule has 0 aromatic heterocycles. The number of rotatable bonds is 7. The Balaban J connectivity index is 1.12. The van der Waals surface area contributed by atoms with Crippen LogP contribution in [-0.2, 0) is 0 Å². The van der Waals surface area contributed by atoms with Crippen molar-refractivity contribution in [3.05, 3.63) is 200 Å². The van der Waals surface area contributed by atoms with Gasteiger partial charge in [-0.3, -0.25) is 0 Å². The molecule has 0 saturated heterocycles. The van der Waals surface area contributed by atoms with Crippen molar-refractivity contribution in [1.29, 1.82) is 0 Å². The number of benzene rings is 9. The summed E-state index contributed by atoms with van der Waals surface area (Å²) in [6.45, 7) is 0. The van der Waals surface area contributed by atoms with E-state index in [1.54, 1.807) is 0 Å². The summed E-state index contributed by atoms with van der Waals surface area (Å²) in [7, 11) is 0. The zero-order valence-corrected chi connectivity index (χ0v) is 31.0. The molecule has 0 spiro atoms. The normalized spacial score (nSPS) is 13.4. The third-order valence-electron chi connectivity index (χ3n) is 11.9. The topological polar surface area (TPSA) is 3.24 Å². The molecule has 0 N–H and O–H groups in total. The van der Waals surface area contributed by atoms with Crippen LogP contribution in [0.25, 0.3) is 65.7 Å². The maximum atomic E-state index is 2.45. The quantitative estimate of drug-likeness (QED) is 0.160. The van der Waals surface area contributed by atoms with Crippen LogP contribution in [0.15, 0.2) is 194 Å². The largest absolute Gasteiger partial charge is 0.310 e. The third kappa shape index (κ3) is 6.26. The van der Waals surface area contributed by atoms with E-state index in [0.29, 0.717) is 5.92 Å². The second-order valence-corrected chi connectivity index (χ2v) is 15.1. The summed E-state index contributed by atoms with van der Waals surface area (Å²) in [6.07, 6.45) is 6.53. The summed E-state index contributed by atoms with van der Waals surface area (Å²) < 4.78 is 0. The van der Waals surface area contributed by atoms with Crippen molar-refractivity contribution < 1.29 is 0 Å². The lowest BCUT2D eigenvalue weighted by Gasteiger charge is -2.29. The Bertz CT molecular complexity index is 2780. The number of anilines is 3. The zero-order chi connectivity index (χ0) is 36.6. The summed E-state index contributed by atoms with van der Waals surface area (Å²) >= 11 is 0. The van der Waals surface area contributed by atoms with Gasteiger partial charge in [0.1, 0.15) is 0 Å². The van der Waals surface area contributed by atoms with Crippen molar-refractivity contribution in [1.82, 2.24) is 0 Å². The Morgan fingerprint density at radius 2 is 0.927 bits per heavy atom. The molecule has 1 aliphatic rings. The average molecular weight is 706 g/mol. The van der Waals surface area contributed by atoms with Crippen molar-refractivity contribution in [3.8, 4) is 33.4 Å². The van der Waals surface area contributed by atoms with Crippen molar-refractivity contribution in [2.45, 2.75) is 38.0 Å². The number of para-hydroxylation sites is 1. The van der Waals surface area contributed by atoms with Gasteiger partial charge in [0.05, 0.1) is 5.69 Å². The van der Waals surface area contributed by atoms with Crippen molar-refractivity contribution in [2.24, 2.45) is 0 Å². The van der Waals surface area contributed by atoms with Gasteiger partial charge in [0, 0.05) is 16.9 Å². The molecule has 10 rings (SSSR count). The summed E-state index contributed by atoms with van der Waals surface area (Å²) in [4.78, 5) is 2.45. The van der Waals surface area contributed by atoms with E-state index >= 15 is 0 Å². The minimum atomic E-state index is 0.603. The fourth-order valence-electron chi connectivity index (χ4n) is 9.11. The van der Waals surface area contributed by atoms with Crippen LogP contribution in [0.3, 0.4) is 0 Å². The lowest BCUT2D eigenvalue weighted by atomic mass is 9.80. The lowest BCUT2D eigenvalue weighted by molar-refractivity contribution is 0.445. The highest BCUT2D eigenvalue weighted by atomic mass is 15.1. The standard InChI is InChI=1S/C54H43N/c1-2-14-41(15-3-1)50-24-11-19-43-20-12-25-52(54(43)50)51-22-8-9-26-53(51)55(46-33-29-39(30-34-46)45-28-27-38-13-4-5-17-44(38)37-45)47-35-31-42(32-36-47)49-23-10-18-40-16-6-7-21-48(40)49/h4-13,16-37,41H,1-3,14-15H2. The van der Waals surface area contributed by atoms with Gasteiger partial charge in [-0.2, -0.15) is 0 Å². The first-order valence-corrected chi connectivity index (χ1v) is 19.9. The monoisotopic (exact) mass is 705 g/mol. The predicted octanol–water partition coefficient (Wildman–Crippen LogP) is 15.7. The molecule has 1 heteroatoms. The van der Waals surface area contributed by atoms with E-state index in [4.69, 9.17) is 0 Å². The van der Waals surface area contributed by atoms with Crippen LogP contribution in [0.4, 0.5) is 17.1 Å². The van der Waals surface area contributed by atoms with Crippen LogP contribution in [0, 0.1) is 0 Å². The summed E-state index contributed by atoms with van der Waals surface area (Å²) in [5.41, 5.74) is 12.4. The highest BCUT2D eigenvalue weighted by Gasteiger charge is 2.23. The highest BCUT2D eigenvalue weighted by molar-refractivity contribution is 6.04. The van der Waals surface area contributed by atoms with Crippen LogP contribution in [0.5, 0.6) is 0 Å². The Morgan fingerprint density at radius 1 is 0.364 bits per heavy atom. The van der Waals surface area contributed by atoms with Gasteiger partial charge in [0.2, 0.25) is 0 Å². The van der Waals surface area contributed by atoms with E-state index < -0.39 is 0 Å². The van der Waals surface area contributed by atoms with E-state index in [9.17, 15) is 0 Å². The maximum absolute atomic E-state index is 2.45. The second-order valence-electron chi connectivity index (χ2n) is 15.1. The van der Waals surface area contributed by atoms with E-state index in [-0.39, 0.29) is 0 Å². The summed E-state index contributed by atoms with van der Waals surface area (Å²) in [6, 6.07) is 71.8. The Morgan fingerprint density at radius 3 is 1.71 bits per heavy atom. The highest BCUT2D eigenvalue weighted by Crippen LogP contribution is 2.46. The number of fused-ring (bicyclic) bond motifs is 3. The SMILES string of the molecule is c1ccc(N(c2ccc(-c3ccc4ccccc4c3)cc2)c2ccc(-c3cccc4ccccc34)cc2)c(-c2cccc3cccc(C4CCCCC4)c23)c1. The molecular weight excluding hydrogens is 663 g/mol. The molecule has 0 radical (unpaired) electrons. The molecule has 0 atom stereocenters. The number of hydrogen-bond donors (Lipinski definition) is 0. The predicted molar refractivity (Wildman–Crippen MR) is 236 cm³/mol. The van der Waals surface area contributed by atoms with Crippen LogP contribution in [-0.4, -0.2) is 0 Å². The molecule has 1 fully saturated rings. The van der Waals surface area contributed by atoms with E-state index in [1.807, 2.05) is 0 Å². The van der Waals surface area contributed by atoms with Gasteiger partial charge >= 0.3 is 0 Å². The molecule has 55 heavy (non-hydrogen) atoms.